The van der Waals surface area contributed by atoms with E-state index in [9.17, 15) is 4.79 Å². The highest BCUT2D eigenvalue weighted by atomic mass is 16.4. The average molecular weight is 246 g/mol. The van der Waals surface area contributed by atoms with Crippen molar-refractivity contribution in [3.05, 3.63) is 35.4 Å². The van der Waals surface area contributed by atoms with Crippen molar-refractivity contribution in [3.8, 4) is 6.07 Å². The predicted molar refractivity (Wildman–Crippen MR) is 68.9 cm³/mol. The lowest BCUT2D eigenvalue weighted by atomic mass is 10.1. The lowest BCUT2D eigenvalue weighted by molar-refractivity contribution is -0.139. The number of nitrogens with zero attached hydrogens (tertiary/aromatic N) is 1. The molecule has 0 aliphatic carbocycles. The van der Waals surface area contributed by atoms with E-state index in [-0.39, 0.29) is 0 Å². The Bertz CT molecular complexity index is 438. The van der Waals surface area contributed by atoms with Crippen molar-refractivity contribution in [2.24, 2.45) is 0 Å². The van der Waals surface area contributed by atoms with Crippen molar-refractivity contribution in [3.63, 3.8) is 0 Å². The number of nitrogens with one attached hydrogen (secondary N) is 1. The molecule has 4 nitrogen and oxygen atoms in total. The van der Waals surface area contributed by atoms with E-state index in [0.717, 1.165) is 18.4 Å². The zero-order chi connectivity index (χ0) is 13.4. The molecule has 0 aromatic heterocycles. The molecule has 4 heteroatoms. The largest absolute Gasteiger partial charge is 0.480 e. The Morgan fingerprint density at radius 3 is 2.94 bits per heavy atom. The van der Waals surface area contributed by atoms with Gasteiger partial charge in [0.1, 0.15) is 6.04 Å². The van der Waals surface area contributed by atoms with Gasteiger partial charge in [-0.1, -0.05) is 31.9 Å². The number of benzene rings is 1. The molecule has 0 saturated carbocycles. The molecule has 0 amide bonds. The molecule has 96 valence electrons. The van der Waals surface area contributed by atoms with E-state index < -0.39 is 12.0 Å². The first-order chi connectivity index (χ1) is 8.67. The molecule has 0 spiro atoms. The summed E-state index contributed by atoms with van der Waals surface area (Å²) in [6, 6.07) is 8.74. The number of unbranched alkanes of at least 4 members (excludes halogenated alkanes) is 1. The number of hydrogen-bond acceptors (Lipinski definition) is 3. The molecule has 0 unspecified atom stereocenters. The number of hydrogen-bond donors (Lipinski definition) is 2. The lowest BCUT2D eigenvalue weighted by Gasteiger charge is -2.14. The fourth-order valence-corrected chi connectivity index (χ4v) is 1.71. The second kappa shape index (κ2) is 7.46. The zero-order valence-electron chi connectivity index (χ0n) is 10.5. The first kappa shape index (κ1) is 14.2. The van der Waals surface area contributed by atoms with Crippen molar-refractivity contribution in [1.82, 2.24) is 5.32 Å². The van der Waals surface area contributed by atoms with Gasteiger partial charge in [0, 0.05) is 6.54 Å². The van der Waals surface area contributed by atoms with Crippen LogP contribution in [-0.2, 0) is 11.3 Å². The first-order valence-corrected chi connectivity index (χ1v) is 6.12. The molecule has 1 atom stereocenters. The predicted octanol–water partition coefficient (Wildman–Crippen LogP) is 2.29. The molecular weight excluding hydrogens is 228 g/mol. The van der Waals surface area contributed by atoms with Crippen molar-refractivity contribution in [2.45, 2.75) is 38.8 Å². The minimum atomic E-state index is -0.820. The fourth-order valence-electron chi connectivity index (χ4n) is 1.71. The summed E-state index contributed by atoms with van der Waals surface area (Å²) < 4.78 is 0. The topological polar surface area (TPSA) is 73.1 Å². The number of rotatable bonds is 7. The van der Waals surface area contributed by atoms with Crippen LogP contribution in [0.3, 0.4) is 0 Å². The molecule has 0 aliphatic heterocycles. The van der Waals surface area contributed by atoms with Crippen molar-refractivity contribution in [2.75, 3.05) is 0 Å². The third-order valence-electron chi connectivity index (χ3n) is 2.75. The highest BCUT2D eigenvalue weighted by molar-refractivity contribution is 5.73. The second-order valence-corrected chi connectivity index (χ2v) is 4.23. The van der Waals surface area contributed by atoms with E-state index >= 15 is 0 Å². The fraction of sp³-hybridized carbons (Fsp3) is 0.429. The SMILES string of the molecule is CCCC[C@H](NCc1cccc(C#N)c1)C(=O)O. The van der Waals surface area contributed by atoms with E-state index in [2.05, 4.69) is 11.4 Å². The van der Waals surface area contributed by atoms with E-state index in [1.54, 1.807) is 18.2 Å². The summed E-state index contributed by atoms with van der Waals surface area (Å²) in [6.07, 6.45) is 2.50. The Morgan fingerprint density at radius 1 is 1.56 bits per heavy atom. The van der Waals surface area contributed by atoms with Gasteiger partial charge >= 0.3 is 5.97 Å². The van der Waals surface area contributed by atoms with Gasteiger partial charge in [-0.25, -0.2) is 0 Å². The Kier molecular flexibility index (Phi) is 5.89. The summed E-state index contributed by atoms with van der Waals surface area (Å²) in [4.78, 5) is 11.0. The van der Waals surface area contributed by atoms with Crippen LogP contribution in [0.5, 0.6) is 0 Å². The van der Waals surface area contributed by atoms with Gasteiger partial charge in [0.05, 0.1) is 11.6 Å². The van der Waals surface area contributed by atoms with Crippen molar-refractivity contribution >= 4 is 5.97 Å². The minimum Gasteiger partial charge on any atom is -0.480 e. The molecule has 1 rings (SSSR count). The van der Waals surface area contributed by atoms with Gasteiger partial charge < -0.3 is 10.4 Å². The molecular formula is C14H18N2O2. The molecule has 18 heavy (non-hydrogen) atoms. The molecule has 1 aromatic rings. The number of carboxylic acids is 1. The van der Waals surface area contributed by atoms with Crippen LogP contribution in [0.15, 0.2) is 24.3 Å². The molecule has 1 aromatic carbocycles. The maximum Gasteiger partial charge on any atom is 0.320 e. The summed E-state index contributed by atoms with van der Waals surface area (Å²) >= 11 is 0. The Morgan fingerprint density at radius 2 is 2.33 bits per heavy atom. The molecule has 0 aliphatic rings. The Labute approximate surface area is 107 Å². The summed E-state index contributed by atoms with van der Waals surface area (Å²) in [6.45, 7) is 2.51. The molecule has 0 bridgehead atoms. The molecule has 0 saturated heterocycles. The van der Waals surface area contributed by atoms with Crippen LogP contribution >= 0.6 is 0 Å². The summed E-state index contributed by atoms with van der Waals surface area (Å²) in [7, 11) is 0. The maximum atomic E-state index is 11.0. The van der Waals surface area contributed by atoms with Crippen LogP contribution in [-0.4, -0.2) is 17.1 Å². The van der Waals surface area contributed by atoms with Gasteiger partial charge in [-0.15, -0.1) is 0 Å². The van der Waals surface area contributed by atoms with Gasteiger partial charge in [0.2, 0.25) is 0 Å². The van der Waals surface area contributed by atoms with Crippen LogP contribution in [0.4, 0.5) is 0 Å². The van der Waals surface area contributed by atoms with Crippen molar-refractivity contribution < 1.29 is 9.90 Å². The summed E-state index contributed by atoms with van der Waals surface area (Å²) in [5.74, 6) is -0.820. The molecule has 0 heterocycles. The lowest BCUT2D eigenvalue weighted by Crippen LogP contribution is -2.36. The van der Waals surface area contributed by atoms with Gasteiger partial charge in [0.15, 0.2) is 0 Å². The van der Waals surface area contributed by atoms with Gasteiger partial charge in [-0.3, -0.25) is 4.79 Å². The van der Waals surface area contributed by atoms with Crippen LogP contribution in [0.1, 0.15) is 37.3 Å². The average Bonchev–Trinajstić information content (AvgIpc) is 2.38. The highest BCUT2D eigenvalue weighted by Crippen LogP contribution is 2.06. The standard InChI is InChI=1S/C14H18N2O2/c1-2-3-7-13(14(17)18)16-10-12-6-4-5-11(8-12)9-15/h4-6,8,13,16H,2-3,7,10H2,1H3,(H,17,18)/t13-/m0/s1. The van der Waals surface area contributed by atoms with Crippen LogP contribution in [0, 0.1) is 11.3 Å². The zero-order valence-corrected chi connectivity index (χ0v) is 10.5. The van der Waals surface area contributed by atoms with Gasteiger partial charge in [0.25, 0.3) is 0 Å². The monoisotopic (exact) mass is 246 g/mol. The van der Waals surface area contributed by atoms with Crippen molar-refractivity contribution in [1.29, 1.82) is 5.26 Å². The maximum absolute atomic E-state index is 11.0. The van der Waals surface area contributed by atoms with E-state index in [1.807, 2.05) is 13.0 Å². The van der Waals surface area contributed by atoms with Crippen LogP contribution < -0.4 is 5.32 Å². The van der Waals surface area contributed by atoms with E-state index in [4.69, 9.17) is 10.4 Å². The second-order valence-electron chi connectivity index (χ2n) is 4.23. The smallest absolute Gasteiger partial charge is 0.320 e. The molecule has 2 N–H and O–H groups in total. The van der Waals surface area contributed by atoms with Crippen LogP contribution in [0.25, 0.3) is 0 Å². The van der Waals surface area contributed by atoms with E-state index in [0.29, 0.717) is 18.5 Å². The molecule has 0 fully saturated rings. The third-order valence-corrected chi connectivity index (χ3v) is 2.75. The molecule has 0 radical (unpaired) electrons. The summed E-state index contributed by atoms with van der Waals surface area (Å²) in [5, 5.41) is 20.9. The summed E-state index contributed by atoms with van der Waals surface area (Å²) in [5.41, 5.74) is 1.52. The van der Waals surface area contributed by atoms with E-state index in [1.165, 1.54) is 0 Å². The highest BCUT2D eigenvalue weighted by Gasteiger charge is 2.15. The minimum absolute atomic E-state index is 0.468. The number of nitriles is 1. The van der Waals surface area contributed by atoms with Gasteiger partial charge in [-0.05, 0) is 24.1 Å². The first-order valence-electron chi connectivity index (χ1n) is 6.12. The number of carbonyl (C=O) groups is 1. The quantitative estimate of drug-likeness (QED) is 0.774. The number of carboxylic acid groups (broad SMARTS) is 1. The van der Waals surface area contributed by atoms with Crippen LogP contribution in [0.2, 0.25) is 0 Å². The third kappa shape index (κ3) is 4.56. The Balaban J connectivity index is 2.55. The van der Waals surface area contributed by atoms with Gasteiger partial charge in [-0.2, -0.15) is 5.26 Å². The normalized spacial score (nSPS) is 11.8. The Hall–Kier alpha value is -1.86. The number of aliphatic carboxylic acids is 1.